The fourth-order valence-corrected chi connectivity index (χ4v) is 4.99. The number of aromatic nitrogens is 1. The average molecular weight is 355 g/mol. The molecule has 7 heteroatoms. The number of aryl methyl sites for hydroxylation is 1. The molecule has 3 rings (SSSR count). The molecule has 1 N–H and O–H groups in total. The number of hydrogen-bond donors (Lipinski definition) is 1. The van der Waals surface area contributed by atoms with Crippen LogP contribution in [0.1, 0.15) is 25.5 Å². The van der Waals surface area contributed by atoms with Gasteiger partial charge in [0.25, 0.3) is 0 Å². The number of nitrogens with zero attached hydrogens (tertiary/aromatic N) is 3. The summed E-state index contributed by atoms with van der Waals surface area (Å²) in [7, 11) is 0. The zero-order valence-electron chi connectivity index (χ0n) is 14.0. The number of piperidine rings is 1. The maximum atomic E-state index is 12.4. The minimum atomic E-state index is -0.0860. The predicted molar refractivity (Wildman–Crippen MR) is 98.4 cm³/mol. The van der Waals surface area contributed by atoms with E-state index in [2.05, 4.69) is 31.9 Å². The fraction of sp³-hybridized carbons (Fsp3) is 0.750. The molecule has 1 unspecified atom stereocenters. The van der Waals surface area contributed by atoms with Gasteiger partial charge in [-0.3, -0.25) is 14.6 Å². The van der Waals surface area contributed by atoms with E-state index >= 15 is 0 Å². The number of amides is 1. The molecule has 23 heavy (non-hydrogen) atoms. The second-order valence-electron chi connectivity index (χ2n) is 6.37. The molecule has 5 nitrogen and oxygen atoms in total. The van der Waals surface area contributed by atoms with Gasteiger partial charge in [-0.05, 0) is 26.7 Å². The molecule has 0 spiro atoms. The van der Waals surface area contributed by atoms with Crippen molar-refractivity contribution < 1.29 is 4.79 Å². The first kappa shape index (κ1) is 17.2. The molecule has 0 aromatic carbocycles. The van der Waals surface area contributed by atoms with Gasteiger partial charge in [0.1, 0.15) is 0 Å². The van der Waals surface area contributed by atoms with Crippen molar-refractivity contribution in [2.75, 3.05) is 43.0 Å². The highest BCUT2D eigenvalue weighted by atomic mass is 32.2. The van der Waals surface area contributed by atoms with Crippen LogP contribution in [-0.4, -0.2) is 70.5 Å². The van der Waals surface area contributed by atoms with Crippen LogP contribution in [0.5, 0.6) is 0 Å². The summed E-state index contributed by atoms with van der Waals surface area (Å²) in [5.41, 5.74) is 0.957. The Labute approximate surface area is 146 Å². The van der Waals surface area contributed by atoms with Crippen molar-refractivity contribution in [1.29, 1.82) is 0 Å². The number of carbonyl (C=O) groups is 1. The highest BCUT2D eigenvalue weighted by Crippen LogP contribution is 2.22. The molecule has 0 aliphatic carbocycles. The monoisotopic (exact) mass is 354 g/mol. The number of hydrogen-bond acceptors (Lipinski definition) is 6. The van der Waals surface area contributed by atoms with E-state index < -0.39 is 0 Å². The van der Waals surface area contributed by atoms with Gasteiger partial charge in [0.2, 0.25) is 5.91 Å². The van der Waals surface area contributed by atoms with Gasteiger partial charge in [-0.2, -0.15) is 11.8 Å². The highest BCUT2D eigenvalue weighted by Gasteiger charge is 2.30. The Bertz CT molecular complexity index is 522. The number of nitrogens with one attached hydrogen (secondary N) is 1. The summed E-state index contributed by atoms with van der Waals surface area (Å²) in [6.45, 7) is 8.44. The van der Waals surface area contributed by atoms with Gasteiger partial charge < -0.3 is 5.32 Å². The Hall–Kier alpha value is -0.630. The molecule has 3 heterocycles. The van der Waals surface area contributed by atoms with Crippen LogP contribution in [0.25, 0.3) is 0 Å². The summed E-state index contributed by atoms with van der Waals surface area (Å²) in [6.07, 6.45) is 2.36. The number of rotatable bonds is 4. The van der Waals surface area contributed by atoms with Crippen molar-refractivity contribution in [1.82, 2.24) is 14.8 Å². The summed E-state index contributed by atoms with van der Waals surface area (Å²) < 4.78 is 0. The number of anilines is 1. The Morgan fingerprint density at radius 2 is 2.00 bits per heavy atom. The molecule has 2 aliphatic rings. The number of carbonyl (C=O) groups excluding carboxylic acids is 1. The van der Waals surface area contributed by atoms with Crippen molar-refractivity contribution in [3.8, 4) is 0 Å². The van der Waals surface area contributed by atoms with Gasteiger partial charge in [-0.1, -0.05) is 0 Å². The highest BCUT2D eigenvalue weighted by molar-refractivity contribution is 7.99. The van der Waals surface area contributed by atoms with E-state index in [1.165, 1.54) is 48.8 Å². The molecular weight excluding hydrogens is 328 g/mol. The third-order valence-corrected chi connectivity index (χ3v) is 6.66. The third kappa shape index (κ3) is 4.47. The van der Waals surface area contributed by atoms with Crippen LogP contribution in [0.4, 0.5) is 5.13 Å². The normalized spacial score (nSPS) is 22.9. The van der Waals surface area contributed by atoms with E-state index in [1.807, 2.05) is 19.2 Å². The summed E-state index contributed by atoms with van der Waals surface area (Å²) >= 11 is 3.56. The predicted octanol–water partition coefficient (Wildman–Crippen LogP) is 2.29. The number of thioether (sulfide) groups is 1. The molecule has 1 aromatic rings. The lowest BCUT2D eigenvalue weighted by atomic mass is 10.0. The maximum Gasteiger partial charge on any atom is 0.243 e. The van der Waals surface area contributed by atoms with Crippen LogP contribution in [0, 0.1) is 6.92 Å². The molecule has 0 saturated carbocycles. The van der Waals surface area contributed by atoms with Gasteiger partial charge in [0.15, 0.2) is 5.13 Å². The van der Waals surface area contributed by atoms with Crippen LogP contribution in [-0.2, 0) is 4.79 Å². The summed E-state index contributed by atoms with van der Waals surface area (Å²) in [5, 5.41) is 5.62. The van der Waals surface area contributed by atoms with Gasteiger partial charge in [0.05, 0.1) is 11.7 Å². The Kier molecular flexibility index (Phi) is 5.96. The number of likely N-dealkylation sites (tertiary alicyclic amines) is 1. The van der Waals surface area contributed by atoms with Gasteiger partial charge in [0, 0.05) is 49.1 Å². The lowest BCUT2D eigenvalue weighted by molar-refractivity contribution is -0.121. The Morgan fingerprint density at radius 1 is 1.30 bits per heavy atom. The van der Waals surface area contributed by atoms with Crippen molar-refractivity contribution in [2.24, 2.45) is 0 Å². The molecule has 0 bridgehead atoms. The lowest BCUT2D eigenvalue weighted by Gasteiger charge is -2.41. The largest absolute Gasteiger partial charge is 0.301 e. The molecule has 128 valence electrons. The van der Waals surface area contributed by atoms with Crippen LogP contribution in [0.2, 0.25) is 0 Å². The van der Waals surface area contributed by atoms with Crippen LogP contribution in [0.15, 0.2) is 5.38 Å². The summed E-state index contributed by atoms with van der Waals surface area (Å²) in [6, 6.07) is 0.626. The lowest BCUT2D eigenvalue weighted by Crippen LogP contribution is -2.51. The van der Waals surface area contributed by atoms with Crippen molar-refractivity contribution in [3.05, 3.63) is 11.1 Å². The third-order valence-electron chi connectivity index (χ3n) is 4.84. The standard InChI is InChI=1S/C16H26N4OS2/c1-12-11-23-16(17-12)18-15(21)13(2)19-5-3-14(4-6-19)20-7-9-22-10-8-20/h11,13-14H,3-10H2,1-2H3,(H,17,18,21). The zero-order valence-corrected chi connectivity index (χ0v) is 15.6. The first-order valence-corrected chi connectivity index (χ1v) is 10.5. The second-order valence-corrected chi connectivity index (χ2v) is 8.46. The minimum absolute atomic E-state index is 0.0622. The minimum Gasteiger partial charge on any atom is -0.301 e. The van der Waals surface area contributed by atoms with Crippen LogP contribution in [0.3, 0.4) is 0 Å². The van der Waals surface area contributed by atoms with E-state index in [-0.39, 0.29) is 11.9 Å². The smallest absolute Gasteiger partial charge is 0.243 e. The molecule has 0 radical (unpaired) electrons. The Balaban J connectivity index is 1.47. The van der Waals surface area contributed by atoms with E-state index in [1.54, 1.807) is 0 Å². The van der Waals surface area contributed by atoms with Crippen molar-refractivity contribution >= 4 is 34.1 Å². The van der Waals surface area contributed by atoms with Crippen LogP contribution < -0.4 is 5.32 Å². The van der Waals surface area contributed by atoms with Gasteiger partial charge in [-0.25, -0.2) is 4.98 Å². The molecule has 1 amide bonds. The first-order valence-electron chi connectivity index (χ1n) is 8.42. The topological polar surface area (TPSA) is 48.5 Å². The zero-order chi connectivity index (χ0) is 16.2. The quantitative estimate of drug-likeness (QED) is 0.899. The first-order chi connectivity index (χ1) is 11.1. The maximum absolute atomic E-state index is 12.4. The van der Waals surface area contributed by atoms with E-state index in [9.17, 15) is 4.79 Å². The van der Waals surface area contributed by atoms with E-state index in [0.717, 1.165) is 18.8 Å². The SMILES string of the molecule is Cc1csc(NC(=O)C(C)N2CCC(N3CCSCC3)CC2)n1. The molecule has 1 aromatic heterocycles. The Morgan fingerprint density at radius 3 is 2.61 bits per heavy atom. The number of thiazole rings is 1. The molecule has 2 fully saturated rings. The average Bonchev–Trinajstić information content (AvgIpc) is 3.00. The van der Waals surface area contributed by atoms with Gasteiger partial charge in [-0.15, -0.1) is 11.3 Å². The molecule has 2 saturated heterocycles. The van der Waals surface area contributed by atoms with E-state index in [4.69, 9.17) is 0 Å². The summed E-state index contributed by atoms with van der Waals surface area (Å²) in [5.74, 6) is 2.60. The van der Waals surface area contributed by atoms with E-state index in [0.29, 0.717) is 11.2 Å². The molecular formula is C16H26N4OS2. The van der Waals surface area contributed by atoms with Crippen molar-refractivity contribution in [3.63, 3.8) is 0 Å². The molecule has 1 atom stereocenters. The second kappa shape index (κ2) is 7.96. The molecule has 2 aliphatic heterocycles. The summed E-state index contributed by atoms with van der Waals surface area (Å²) in [4.78, 5) is 21.7. The van der Waals surface area contributed by atoms with Crippen molar-refractivity contribution in [2.45, 2.75) is 38.8 Å². The van der Waals surface area contributed by atoms with Gasteiger partial charge >= 0.3 is 0 Å². The fourth-order valence-electron chi connectivity index (χ4n) is 3.37. The van der Waals surface area contributed by atoms with Crippen LogP contribution >= 0.6 is 23.1 Å².